The van der Waals surface area contributed by atoms with Gasteiger partial charge in [0.2, 0.25) is 0 Å². The summed E-state index contributed by atoms with van der Waals surface area (Å²) in [4.78, 5) is 16.5. The predicted molar refractivity (Wildman–Crippen MR) is 91.0 cm³/mol. The van der Waals surface area contributed by atoms with E-state index in [2.05, 4.69) is 44.3 Å². The predicted octanol–water partition coefficient (Wildman–Crippen LogP) is 0.768. The third kappa shape index (κ3) is 2.91. The van der Waals surface area contributed by atoms with Gasteiger partial charge in [0.1, 0.15) is 0 Å². The molecule has 7 nitrogen and oxygen atoms in total. The smallest absolute Gasteiger partial charge is 0.270 e. The number of nitrogens with zero attached hydrogens (tertiary/aromatic N) is 6. The highest BCUT2D eigenvalue weighted by Crippen LogP contribution is 2.38. The summed E-state index contributed by atoms with van der Waals surface area (Å²) in [5.41, 5.74) is 1.88. The van der Waals surface area contributed by atoms with Gasteiger partial charge in [0.05, 0.1) is 5.69 Å². The highest BCUT2D eigenvalue weighted by Gasteiger charge is 2.32. The molecule has 0 atom stereocenters. The van der Waals surface area contributed by atoms with Crippen LogP contribution in [-0.2, 0) is 13.6 Å². The first-order chi connectivity index (χ1) is 11.6. The Morgan fingerprint density at radius 2 is 2.00 bits per heavy atom. The van der Waals surface area contributed by atoms with Gasteiger partial charge < -0.3 is 4.90 Å². The molecule has 1 aliphatic carbocycles. The number of anilines is 1. The fraction of sp³-hybridized carbons (Fsp3) is 0.529. The van der Waals surface area contributed by atoms with E-state index in [9.17, 15) is 4.79 Å². The highest BCUT2D eigenvalue weighted by atomic mass is 16.1. The van der Waals surface area contributed by atoms with Crippen molar-refractivity contribution < 1.29 is 0 Å². The van der Waals surface area contributed by atoms with Crippen LogP contribution >= 0.6 is 0 Å². The SMILES string of the molecule is CN(Cc1ccnn(C)c1=O)C1CN(c2ccc(C3CC3)nn2)C1. The fourth-order valence-corrected chi connectivity index (χ4v) is 3.10. The maximum atomic E-state index is 12.1. The fourth-order valence-electron chi connectivity index (χ4n) is 3.10. The van der Waals surface area contributed by atoms with Crippen LogP contribution < -0.4 is 10.5 Å². The largest absolute Gasteiger partial charge is 0.352 e. The lowest BCUT2D eigenvalue weighted by molar-refractivity contribution is 0.195. The maximum Gasteiger partial charge on any atom is 0.270 e. The number of hydrogen-bond acceptors (Lipinski definition) is 6. The van der Waals surface area contributed by atoms with Gasteiger partial charge in [-0.1, -0.05) is 0 Å². The van der Waals surface area contributed by atoms with Gasteiger partial charge in [-0.05, 0) is 38.1 Å². The lowest BCUT2D eigenvalue weighted by Crippen LogP contribution is -2.58. The molecule has 1 aliphatic heterocycles. The van der Waals surface area contributed by atoms with E-state index < -0.39 is 0 Å². The normalized spacial score (nSPS) is 18.0. The van der Waals surface area contributed by atoms with Gasteiger partial charge >= 0.3 is 0 Å². The molecule has 126 valence electrons. The van der Waals surface area contributed by atoms with Gasteiger partial charge in [0.25, 0.3) is 5.56 Å². The molecule has 0 amide bonds. The Morgan fingerprint density at radius 3 is 2.67 bits per heavy atom. The van der Waals surface area contributed by atoms with Gasteiger partial charge in [-0.3, -0.25) is 9.69 Å². The molecular formula is C17H22N6O. The van der Waals surface area contributed by atoms with Crippen molar-refractivity contribution in [3.05, 3.63) is 46.0 Å². The zero-order chi connectivity index (χ0) is 16.7. The van der Waals surface area contributed by atoms with E-state index in [0.717, 1.165) is 30.2 Å². The molecule has 1 saturated heterocycles. The molecule has 7 heteroatoms. The molecule has 3 heterocycles. The highest BCUT2D eigenvalue weighted by molar-refractivity contribution is 5.42. The van der Waals surface area contributed by atoms with E-state index in [-0.39, 0.29) is 5.56 Å². The van der Waals surface area contributed by atoms with Crippen LogP contribution in [0.1, 0.15) is 30.0 Å². The van der Waals surface area contributed by atoms with Crippen molar-refractivity contribution in [3.63, 3.8) is 0 Å². The number of rotatable bonds is 5. The third-order valence-corrected chi connectivity index (χ3v) is 4.98. The molecule has 2 aliphatic rings. The zero-order valence-corrected chi connectivity index (χ0v) is 14.1. The second-order valence-electron chi connectivity index (χ2n) is 6.85. The minimum Gasteiger partial charge on any atom is -0.352 e. The third-order valence-electron chi connectivity index (χ3n) is 4.98. The van der Waals surface area contributed by atoms with Crippen molar-refractivity contribution in [2.45, 2.75) is 31.3 Å². The van der Waals surface area contributed by atoms with Crippen molar-refractivity contribution in [2.24, 2.45) is 7.05 Å². The minimum absolute atomic E-state index is 0.0259. The van der Waals surface area contributed by atoms with Gasteiger partial charge in [-0.25, -0.2) is 4.68 Å². The van der Waals surface area contributed by atoms with E-state index in [1.807, 2.05) is 0 Å². The van der Waals surface area contributed by atoms with E-state index in [1.165, 1.54) is 17.5 Å². The Labute approximate surface area is 140 Å². The lowest BCUT2D eigenvalue weighted by atomic mass is 10.1. The van der Waals surface area contributed by atoms with E-state index >= 15 is 0 Å². The summed E-state index contributed by atoms with van der Waals surface area (Å²) >= 11 is 0. The lowest BCUT2D eigenvalue weighted by Gasteiger charge is -2.44. The average Bonchev–Trinajstić information content (AvgIpc) is 3.36. The van der Waals surface area contributed by atoms with Crippen molar-refractivity contribution >= 4 is 5.82 Å². The first-order valence-electron chi connectivity index (χ1n) is 8.42. The van der Waals surface area contributed by atoms with E-state index in [0.29, 0.717) is 18.5 Å². The minimum atomic E-state index is -0.0259. The number of likely N-dealkylation sites (N-methyl/N-ethyl adjacent to an activating group) is 1. The Kier molecular flexibility index (Phi) is 3.80. The zero-order valence-electron chi connectivity index (χ0n) is 14.1. The summed E-state index contributed by atoms with van der Waals surface area (Å²) in [6, 6.07) is 6.41. The molecule has 0 N–H and O–H groups in total. The topological polar surface area (TPSA) is 67.2 Å². The van der Waals surface area contributed by atoms with Crippen LogP contribution in [0.5, 0.6) is 0 Å². The Bertz CT molecular complexity index is 776. The van der Waals surface area contributed by atoms with Crippen molar-refractivity contribution in [1.82, 2.24) is 24.9 Å². The molecule has 0 aromatic carbocycles. The molecule has 1 saturated carbocycles. The first-order valence-corrected chi connectivity index (χ1v) is 8.42. The van der Waals surface area contributed by atoms with Gasteiger partial charge in [0.15, 0.2) is 5.82 Å². The monoisotopic (exact) mass is 326 g/mol. The van der Waals surface area contributed by atoms with Crippen LogP contribution in [0.4, 0.5) is 5.82 Å². The second-order valence-corrected chi connectivity index (χ2v) is 6.85. The molecule has 2 aromatic rings. The number of aryl methyl sites for hydroxylation is 1. The standard InChI is InChI=1S/C17H22N6O/c1-21(9-13-7-8-18-22(2)17(13)24)14-10-23(11-14)16-6-5-15(19-20-16)12-3-4-12/h5-8,12,14H,3-4,9-11H2,1-2H3. The van der Waals surface area contributed by atoms with Gasteiger partial charge in [-0.15, -0.1) is 5.10 Å². The van der Waals surface area contributed by atoms with Crippen LogP contribution in [0.25, 0.3) is 0 Å². The summed E-state index contributed by atoms with van der Waals surface area (Å²) in [7, 11) is 3.74. The molecule has 0 spiro atoms. The molecule has 0 unspecified atom stereocenters. The van der Waals surface area contributed by atoms with Crippen LogP contribution in [-0.4, -0.2) is 51.1 Å². The van der Waals surface area contributed by atoms with Crippen LogP contribution in [0.3, 0.4) is 0 Å². The molecule has 4 rings (SSSR count). The molecule has 0 radical (unpaired) electrons. The summed E-state index contributed by atoms with van der Waals surface area (Å²) in [5, 5.41) is 12.7. The van der Waals surface area contributed by atoms with Gasteiger partial charge in [-0.2, -0.15) is 10.2 Å². The van der Waals surface area contributed by atoms with Crippen molar-refractivity contribution in [2.75, 3.05) is 25.0 Å². The summed E-state index contributed by atoms with van der Waals surface area (Å²) < 4.78 is 1.38. The summed E-state index contributed by atoms with van der Waals surface area (Å²) in [6.07, 6.45) is 4.17. The molecule has 2 aromatic heterocycles. The van der Waals surface area contributed by atoms with Crippen LogP contribution in [0.2, 0.25) is 0 Å². The summed E-state index contributed by atoms with van der Waals surface area (Å²) in [5.74, 6) is 1.59. The van der Waals surface area contributed by atoms with Crippen LogP contribution in [0.15, 0.2) is 29.2 Å². The molecule has 24 heavy (non-hydrogen) atoms. The first kappa shape index (κ1) is 15.3. The van der Waals surface area contributed by atoms with E-state index in [4.69, 9.17) is 0 Å². The quantitative estimate of drug-likeness (QED) is 0.808. The molecule has 0 bridgehead atoms. The Balaban J connectivity index is 1.34. The second kappa shape index (κ2) is 5.98. The Hall–Kier alpha value is -2.28. The van der Waals surface area contributed by atoms with Gasteiger partial charge in [0, 0.05) is 50.4 Å². The molecular weight excluding hydrogens is 304 g/mol. The summed E-state index contributed by atoms with van der Waals surface area (Å²) in [6.45, 7) is 2.47. The maximum absolute atomic E-state index is 12.1. The van der Waals surface area contributed by atoms with Crippen molar-refractivity contribution in [3.8, 4) is 0 Å². The van der Waals surface area contributed by atoms with Crippen molar-refractivity contribution in [1.29, 1.82) is 0 Å². The van der Waals surface area contributed by atoms with E-state index in [1.54, 1.807) is 19.3 Å². The van der Waals surface area contributed by atoms with Crippen LogP contribution in [0, 0.1) is 0 Å². The number of aromatic nitrogens is 4. The Morgan fingerprint density at radius 1 is 1.21 bits per heavy atom. The average molecular weight is 326 g/mol. The molecule has 2 fully saturated rings. The number of hydrogen-bond donors (Lipinski definition) is 0.